The van der Waals surface area contributed by atoms with Gasteiger partial charge in [0, 0.05) is 12.6 Å². The molecule has 0 atom stereocenters. The number of hydrogen-bond donors (Lipinski definition) is 1. The fraction of sp³-hybridized carbons (Fsp3) is 0.500. The van der Waals surface area contributed by atoms with Gasteiger partial charge in [-0.2, -0.15) is 5.10 Å². The van der Waals surface area contributed by atoms with Gasteiger partial charge in [0.2, 0.25) is 0 Å². The molecule has 1 N–H and O–H groups in total. The topological polar surface area (TPSA) is 38.0 Å². The molecule has 0 spiro atoms. The van der Waals surface area contributed by atoms with E-state index in [0.717, 1.165) is 4.68 Å². The van der Waals surface area contributed by atoms with Crippen molar-refractivity contribution in [3.05, 3.63) is 17.5 Å². The van der Waals surface area contributed by atoms with Gasteiger partial charge in [0.15, 0.2) is 0 Å². The van der Waals surface area contributed by atoms with E-state index in [1.165, 1.54) is 13.2 Å². The normalized spacial score (nSPS) is 11.0. The van der Waals surface area contributed by atoms with Crippen LogP contribution in [0.15, 0.2) is 6.20 Å². The van der Waals surface area contributed by atoms with Gasteiger partial charge in [0.1, 0.15) is 5.69 Å². The van der Waals surface area contributed by atoms with E-state index in [4.69, 9.17) is 5.11 Å². The van der Waals surface area contributed by atoms with E-state index in [2.05, 4.69) is 5.10 Å². The predicted octanol–water partition coefficient (Wildman–Crippen LogP) is 0.850. The molecule has 0 aromatic carbocycles. The predicted molar refractivity (Wildman–Crippen MR) is 34.1 cm³/mol. The molecule has 3 nitrogen and oxygen atoms in total. The Morgan fingerprint density at radius 3 is 2.73 bits per heavy atom. The summed E-state index contributed by atoms with van der Waals surface area (Å²) < 4.78 is 25.3. The first kappa shape index (κ1) is 8.13. The highest BCUT2D eigenvalue weighted by Crippen LogP contribution is 2.21. The lowest BCUT2D eigenvalue weighted by molar-refractivity contribution is 0.136. The van der Waals surface area contributed by atoms with Crippen LogP contribution in [-0.2, 0) is 13.7 Å². The van der Waals surface area contributed by atoms with Gasteiger partial charge in [-0.3, -0.25) is 4.68 Å². The summed E-state index contributed by atoms with van der Waals surface area (Å²) in [7, 11) is 1.42. The van der Waals surface area contributed by atoms with E-state index in [0.29, 0.717) is 0 Å². The zero-order valence-electron chi connectivity index (χ0n) is 5.96. The highest BCUT2D eigenvalue weighted by Gasteiger charge is 2.16. The summed E-state index contributed by atoms with van der Waals surface area (Å²) in [5.74, 6) is 0. The monoisotopic (exact) mass is 162 g/mol. The molecule has 0 aliphatic rings. The lowest BCUT2D eigenvalue weighted by Crippen LogP contribution is -2.00. The molecule has 0 radical (unpaired) electrons. The molecular formula is C6H8F2N2O. The zero-order chi connectivity index (χ0) is 8.43. The molecule has 0 aliphatic heterocycles. The quantitative estimate of drug-likeness (QED) is 0.700. The smallest absolute Gasteiger partial charge is 0.280 e. The third-order valence-electron chi connectivity index (χ3n) is 1.44. The van der Waals surface area contributed by atoms with E-state index in [1.807, 2.05) is 0 Å². The first-order valence-electron chi connectivity index (χ1n) is 3.06. The lowest BCUT2D eigenvalue weighted by Gasteiger charge is -2.01. The van der Waals surface area contributed by atoms with Gasteiger partial charge in [-0.1, -0.05) is 0 Å². The number of alkyl halides is 2. The summed E-state index contributed by atoms with van der Waals surface area (Å²) >= 11 is 0. The summed E-state index contributed by atoms with van der Waals surface area (Å²) in [4.78, 5) is 0. The van der Waals surface area contributed by atoms with Crippen molar-refractivity contribution in [1.82, 2.24) is 9.78 Å². The zero-order valence-corrected chi connectivity index (χ0v) is 5.96. The minimum atomic E-state index is -2.58. The van der Waals surface area contributed by atoms with Gasteiger partial charge in [0.05, 0.1) is 12.8 Å². The molecule has 0 aliphatic carbocycles. The number of aromatic nitrogens is 2. The molecule has 0 saturated carbocycles. The van der Waals surface area contributed by atoms with E-state index in [-0.39, 0.29) is 11.3 Å². The van der Waals surface area contributed by atoms with Gasteiger partial charge >= 0.3 is 0 Å². The second kappa shape index (κ2) is 2.96. The molecule has 11 heavy (non-hydrogen) atoms. The molecule has 62 valence electrons. The number of hydrogen-bond acceptors (Lipinski definition) is 2. The lowest BCUT2D eigenvalue weighted by atomic mass is 10.3. The third-order valence-corrected chi connectivity index (χ3v) is 1.44. The van der Waals surface area contributed by atoms with Crippen LogP contribution in [0.1, 0.15) is 17.7 Å². The highest BCUT2D eigenvalue weighted by atomic mass is 19.3. The maximum atomic E-state index is 12.1. The summed E-state index contributed by atoms with van der Waals surface area (Å²) in [5, 5.41) is 12.2. The molecule has 1 aromatic rings. The average Bonchev–Trinajstić information content (AvgIpc) is 2.30. The Morgan fingerprint density at radius 1 is 1.73 bits per heavy atom. The Morgan fingerprint density at radius 2 is 2.36 bits per heavy atom. The molecule has 1 aromatic heterocycles. The van der Waals surface area contributed by atoms with Crippen LogP contribution in [-0.4, -0.2) is 14.9 Å². The largest absolute Gasteiger partial charge is 0.392 e. The van der Waals surface area contributed by atoms with Crippen LogP contribution in [0.5, 0.6) is 0 Å². The van der Waals surface area contributed by atoms with Crippen molar-refractivity contribution < 1.29 is 13.9 Å². The molecule has 0 bridgehead atoms. The minimum absolute atomic E-state index is 0.183. The van der Waals surface area contributed by atoms with Gasteiger partial charge in [0.25, 0.3) is 6.43 Å². The van der Waals surface area contributed by atoms with Crippen molar-refractivity contribution in [3.8, 4) is 0 Å². The van der Waals surface area contributed by atoms with Gasteiger partial charge in [-0.15, -0.1) is 0 Å². The average molecular weight is 162 g/mol. The highest BCUT2D eigenvalue weighted by molar-refractivity contribution is 5.17. The van der Waals surface area contributed by atoms with Crippen molar-refractivity contribution in [2.75, 3.05) is 0 Å². The van der Waals surface area contributed by atoms with Gasteiger partial charge < -0.3 is 5.11 Å². The maximum absolute atomic E-state index is 12.1. The molecule has 1 heterocycles. The van der Waals surface area contributed by atoms with Crippen LogP contribution in [0, 0.1) is 0 Å². The second-order valence-corrected chi connectivity index (χ2v) is 2.14. The number of aliphatic hydroxyl groups is 1. The number of aryl methyl sites for hydroxylation is 1. The van der Waals surface area contributed by atoms with Crippen LogP contribution in [0.4, 0.5) is 8.78 Å². The SMILES string of the molecule is Cn1ncc(CO)c1C(F)F. The number of aliphatic hydroxyl groups excluding tert-OH is 1. The fourth-order valence-corrected chi connectivity index (χ4v) is 0.896. The summed E-state index contributed by atoms with van der Waals surface area (Å²) in [6, 6.07) is 0. The Balaban J connectivity index is 3.07. The summed E-state index contributed by atoms with van der Waals surface area (Å²) in [6.45, 7) is -0.395. The number of rotatable bonds is 2. The van der Waals surface area contributed by atoms with Gasteiger partial charge in [-0.25, -0.2) is 8.78 Å². The number of nitrogens with zero attached hydrogens (tertiary/aromatic N) is 2. The van der Waals surface area contributed by atoms with Crippen LogP contribution in [0.2, 0.25) is 0 Å². The number of halogens is 2. The van der Waals surface area contributed by atoms with E-state index < -0.39 is 13.0 Å². The molecule has 0 unspecified atom stereocenters. The summed E-state index contributed by atoms with van der Waals surface area (Å²) in [6.07, 6.45) is -1.34. The van der Waals surface area contributed by atoms with Crippen molar-refractivity contribution in [2.45, 2.75) is 13.0 Å². The first-order chi connectivity index (χ1) is 5.16. The molecule has 0 saturated heterocycles. The summed E-state index contributed by atoms with van der Waals surface area (Å²) in [5.41, 5.74) is -0.0324. The molecule has 0 fully saturated rings. The Hall–Kier alpha value is -0.970. The first-order valence-corrected chi connectivity index (χ1v) is 3.06. The van der Waals surface area contributed by atoms with E-state index in [1.54, 1.807) is 0 Å². The van der Waals surface area contributed by atoms with Crippen molar-refractivity contribution >= 4 is 0 Å². The van der Waals surface area contributed by atoms with Crippen molar-refractivity contribution in [1.29, 1.82) is 0 Å². The third kappa shape index (κ3) is 1.37. The molecule has 5 heteroatoms. The van der Waals surface area contributed by atoms with Crippen molar-refractivity contribution in [2.24, 2.45) is 7.05 Å². The molecule has 0 amide bonds. The van der Waals surface area contributed by atoms with E-state index >= 15 is 0 Å². The maximum Gasteiger partial charge on any atom is 0.280 e. The van der Waals surface area contributed by atoms with E-state index in [9.17, 15) is 8.78 Å². The standard InChI is InChI=1S/C6H8F2N2O/c1-10-5(6(7)8)4(3-11)2-9-10/h2,6,11H,3H2,1H3. The minimum Gasteiger partial charge on any atom is -0.392 e. The molecular weight excluding hydrogens is 154 g/mol. The van der Waals surface area contributed by atoms with Crippen LogP contribution >= 0.6 is 0 Å². The van der Waals surface area contributed by atoms with Crippen molar-refractivity contribution in [3.63, 3.8) is 0 Å². The van der Waals surface area contributed by atoms with Crippen LogP contribution in [0.3, 0.4) is 0 Å². The fourth-order valence-electron chi connectivity index (χ4n) is 0.896. The van der Waals surface area contributed by atoms with Gasteiger partial charge in [-0.05, 0) is 0 Å². The Bertz CT molecular complexity index is 247. The Kier molecular flexibility index (Phi) is 2.19. The van der Waals surface area contributed by atoms with Crippen LogP contribution in [0.25, 0.3) is 0 Å². The Labute approximate surface area is 62.3 Å². The molecule has 1 rings (SSSR count). The van der Waals surface area contributed by atoms with Crippen LogP contribution < -0.4 is 0 Å². The second-order valence-electron chi connectivity index (χ2n) is 2.14.